The fourth-order valence-electron chi connectivity index (χ4n) is 1.62. The second-order valence-electron chi connectivity index (χ2n) is 3.96. The predicted octanol–water partition coefficient (Wildman–Crippen LogP) is 1.17. The molecule has 0 saturated heterocycles. The highest BCUT2D eigenvalue weighted by Gasteiger charge is 2.07. The molecule has 0 amide bonds. The molecule has 0 fully saturated rings. The van der Waals surface area contributed by atoms with Crippen molar-refractivity contribution < 1.29 is 0 Å². The van der Waals surface area contributed by atoms with Crippen molar-refractivity contribution in [2.75, 3.05) is 0 Å². The second kappa shape index (κ2) is 4.45. The lowest BCUT2D eigenvalue weighted by Crippen LogP contribution is -2.07. The minimum atomic E-state index is 0.428. The molecule has 0 aliphatic heterocycles. The van der Waals surface area contributed by atoms with Gasteiger partial charge in [0.1, 0.15) is 11.6 Å². The number of hydrogen-bond donors (Lipinski definition) is 1. The molecule has 0 radical (unpaired) electrons. The van der Waals surface area contributed by atoms with Gasteiger partial charge in [0.15, 0.2) is 0 Å². The lowest BCUT2D eigenvalue weighted by Gasteiger charge is -2.03. The van der Waals surface area contributed by atoms with Crippen LogP contribution < -0.4 is 5.73 Å². The number of nitrogens with two attached hydrogens (primary N) is 1. The summed E-state index contributed by atoms with van der Waals surface area (Å²) in [5, 5.41) is 8.17. The maximum Gasteiger partial charge on any atom is 0.146 e. The molecule has 0 unspecified atom stereocenters. The Hall–Kier alpha value is -1.68. The SMILES string of the molecule is Cc1ccc(Cc2nnc(CN)n2C)cc1. The quantitative estimate of drug-likeness (QED) is 0.838. The van der Waals surface area contributed by atoms with Gasteiger partial charge in [-0.2, -0.15) is 0 Å². The molecule has 2 rings (SSSR count). The van der Waals surface area contributed by atoms with Gasteiger partial charge < -0.3 is 10.3 Å². The van der Waals surface area contributed by atoms with E-state index in [2.05, 4.69) is 41.4 Å². The van der Waals surface area contributed by atoms with Gasteiger partial charge in [-0.1, -0.05) is 29.8 Å². The summed E-state index contributed by atoms with van der Waals surface area (Å²) in [5.41, 5.74) is 8.06. The lowest BCUT2D eigenvalue weighted by atomic mass is 10.1. The third-order valence-electron chi connectivity index (χ3n) is 2.72. The third kappa shape index (κ3) is 2.12. The van der Waals surface area contributed by atoms with Gasteiger partial charge >= 0.3 is 0 Å². The van der Waals surface area contributed by atoms with E-state index < -0.39 is 0 Å². The monoisotopic (exact) mass is 216 g/mol. The third-order valence-corrected chi connectivity index (χ3v) is 2.72. The van der Waals surface area contributed by atoms with Crippen molar-refractivity contribution >= 4 is 0 Å². The maximum atomic E-state index is 5.55. The average molecular weight is 216 g/mol. The Balaban J connectivity index is 2.20. The summed E-state index contributed by atoms with van der Waals surface area (Å²) in [4.78, 5) is 0. The van der Waals surface area contributed by atoms with Gasteiger partial charge in [0, 0.05) is 13.5 Å². The summed E-state index contributed by atoms with van der Waals surface area (Å²) >= 11 is 0. The van der Waals surface area contributed by atoms with Crippen LogP contribution in [0.1, 0.15) is 22.8 Å². The van der Waals surface area contributed by atoms with E-state index in [1.54, 1.807) is 0 Å². The fourth-order valence-corrected chi connectivity index (χ4v) is 1.62. The Kier molecular flexibility index (Phi) is 3.01. The Morgan fingerprint density at radius 3 is 2.31 bits per heavy atom. The maximum absolute atomic E-state index is 5.55. The van der Waals surface area contributed by atoms with Crippen molar-refractivity contribution in [3.63, 3.8) is 0 Å². The number of nitrogens with zero attached hydrogens (tertiary/aromatic N) is 3. The first-order chi connectivity index (χ1) is 7.70. The van der Waals surface area contributed by atoms with E-state index in [1.807, 2.05) is 11.6 Å². The van der Waals surface area contributed by atoms with Crippen LogP contribution in [0.5, 0.6) is 0 Å². The largest absolute Gasteiger partial charge is 0.324 e. The van der Waals surface area contributed by atoms with E-state index in [9.17, 15) is 0 Å². The van der Waals surface area contributed by atoms with E-state index in [0.29, 0.717) is 6.54 Å². The molecule has 2 N–H and O–H groups in total. The standard InChI is InChI=1S/C12H16N4/c1-9-3-5-10(6-4-9)7-11-14-15-12(8-13)16(11)2/h3-6H,7-8,13H2,1-2H3. The molecule has 0 atom stereocenters. The topological polar surface area (TPSA) is 56.7 Å². The van der Waals surface area contributed by atoms with Crippen LogP contribution >= 0.6 is 0 Å². The minimum absolute atomic E-state index is 0.428. The van der Waals surface area contributed by atoms with Crippen LogP contribution in [0.3, 0.4) is 0 Å². The van der Waals surface area contributed by atoms with Gasteiger partial charge in [-0.25, -0.2) is 0 Å². The predicted molar refractivity (Wildman–Crippen MR) is 62.9 cm³/mol. The van der Waals surface area contributed by atoms with Crippen molar-refractivity contribution in [3.05, 3.63) is 47.0 Å². The molecule has 0 aliphatic carbocycles. The number of hydrogen-bond acceptors (Lipinski definition) is 3. The van der Waals surface area contributed by atoms with E-state index in [4.69, 9.17) is 5.73 Å². The second-order valence-corrected chi connectivity index (χ2v) is 3.96. The Labute approximate surface area is 95.1 Å². The highest BCUT2D eigenvalue weighted by molar-refractivity contribution is 5.24. The van der Waals surface area contributed by atoms with Crippen molar-refractivity contribution in [2.45, 2.75) is 19.9 Å². The Morgan fingerprint density at radius 2 is 1.75 bits per heavy atom. The molecular formula is C12H16N4. The Morgan fingerprint density at radius 1 is 1.12 bits per heavy atom. The van der Waals surface area contributed by atoms with Crippen LogP contribution in [0, 0.1) is 6.92 Å². The molecule has 1 heterocycles. The normalized spacial score (nSPS) is 10.7. The summed E-state index contributed by atoms with van der Waals surface area (Å²) in [5.74, 6) is 1.77. The van der Waals surface area contributed by atoms with Crippen molar-refractivity contribution in [2.24, 2.45) is 12.8 Å². The zero-order chi connectivity index (χ0) is 11.5. The molecular weight excluding hydrogens is 200 g/mol. The molecule has 0 spiro atoms. The zero-order valence-electron chi connectivity index (χ0n) is 9.64. The van der Waals surface area contributed by atoms with Crippen molar-refractivity contribution in [1.29, 1.82) is 0 Å². The zero-order valence-corrected chi connectivity index (χ0v) is 9.64. The van der Waals surface area contributed by atoms with Crippen molar-refractivity contribution in [3.8, 4) is 0 Å². The summed E-state index contributed by atoms with van der Waals surface area (Å²) in [7, 11) is 1.95. The molecule has 0 bridgehead atoms. The molecule has 4 heteroatoms. The van der Waals surface area contributed by atoms with Gasteiger partial charge in [-0.05, 0) is 12.5 Å². The first-order valence-electron chi connectivity index (χ1n) is 5.33. The van der Waals surface area contributed by atoms with Gasteiger partial charge in [0.2, 0.25) is 0 Å². The molecule has 0 aliphatic rings. The van der Waals surface area contributed by atoms with Crippen LogP contribution in [0.4, 0.5) is 0 Å². The van der Waals surface area contributed by atoms with Crippen LogP contribution in [0.15, 0.2) is 24.3 Å². The number of aromatic nitrogens is 3. The Bertz CT molecular complexity index is 470. The molecule has 1 aromatic heterocycles. The molecule has 16 heavy (non-hydrogen) atoms. The van der Waals surface area contributed by atoms with Crippen LogP contribution in [0.2, 0.25) is 0 Å². The molecule has 2 aromatic rings. The van der Waals surface area contributed by atoms with Crippen LogP contribution in [-0.2, 0) is 20.0 Å². The average Bonchev–Trinajstić information content (AvgIpc) is 2.63. The smallest absolute Gasteiger partial charge is 0.146 e. The van der Waals surface area contributed by atoms with Gasteiger partial charge in [0.25, 0.3) is 0 Å². The molecule has 4 nitrogen and oxygen atoms in total. The highest BCUT2D eigenvalue weighted by atomic mass is 15.3. The molecule has 84 valence electrons. The van der Waals surface area contributed by atoms with Crippen LogP contribution in [0.25, 0.3) is 0 Å². The van der Waals surface area contributed by atoms with E-state index in [1.165, 1.54) is 11.1 Å². The summed E-state index contributed by atoms with van der Waals surface area (Å²) in [6, 6.07) is 8.45. The number of rotatable bonds is 3. The molecule has 1 aromatic carbocycles. The minimum Gasteiger partial charge on any atom is -0.324 e. The van der Waals surface area contributed by atoms with Crippen molar-refractivity contribution in [1.82, 2.24) is 14.8 Å². The van der Waals surface area contributed by atoms with Gasteiger partial charge in [-0.3, -0.25) is 0 Å². The van der Waals surface area contributed by atoms with Gasteiger partial charge in [-0.15, -0.1) is 10.2 Å². The van der Waals surface area contributed by atoms with E-state index >= 15 is 0 Å². The summed E-state index contributed by atoms with van der Waals surface area (Å²) < 4.78 is 1.96. The summed E-state index contributed by atoms with van der Waals surface area (Å²) in [6.07, 6.45) is 0.795. The van der Waals surface area contributed by atoms with Crippen LogP contribution in [-0.4, -0.2) is 14.8 Å². The molecule has 0 saturated carbocycles. The first-order valence-corrected chi connectivity index (χ1v) is 5.33. The number of benzene rings is 1. The fraction of sp³-hybridized carbons (Fsp3) is 0.333. The van der Waals surface area contributed by atoms with E-state index in [0.717, 1.165) is 18.1 Å². The first kappa shape index (κ1) is 10.8. The van der Waals surface area contributed by atoms with E-state index in [-0.39, 0.29) is 0 Å². The summed E-state index contributed by atoms with van der Waals surface area (Å²) in [6.45, 7) is 2.51. The highest BCUT2D eigenvalue weighted by Crippen LogP contribution is 2.09. The number of aryl methyl sites for hydroxylation is 1. The lowest BCUT2D eigenvalue weighted by molar-refractivity contribution is 0.758. The van der Waals surface area contributed by atoms with Gasteiger partial charge in [0.05, 0.1) is 6.54 Å².